The predicted octanol–water partition coefficient (Wildman–Crippen LogP) is 2.70. The van der Waals surface area contributed by atoms with Crippen molar-refractivity contribution >= 4 is 41.0 Å². The number of benzene rings is 1. The van der Waals surface area contributed by atoms with Crippen LogP contribution < -0.4 is 10.4 Å². The van der Waals surface area contributed by atoms with E-state index >= 15 is 0 Å². The first-order valence-corrected chi connectivity index (χ1v) is 6.06. The quantitative estimate of drug-likeness (QED) is 0.911. The Kier molecular flexibility index (Phi) is 4.66. The zero-order valence-electron chi connectivity index (χ0n) is 10.5. The maximum Gasteiger partial charge on any atom is 0.412 e. The average molecular weight is 305 g/mol. The fraction of sp³-hybridized carbons (Fsp3) is 0.333. The second-order valence-electron chi connectivity index (χ2n) is 4.72. The van der Waals surface area contributed by atoms with E-state index in [2.05, 4.69) is 5.32 Å². The Balaban J connectivity index is 3.07. The predicted molar refractivity (Wildman–Crippen MR) is 70.6 cm³/mol. The van der Waals surface area contributed by atoms with Crippen LogP contribution in [0.5, 0.6) is 0 Å². The molecule has 0 saturated heterocycles. The van der Waals surface area contributed by atoms with Gasteiger partial charge in [-0.3, -0.25) is 5.32 Å². The normalized spacial score (nSPS) is 11.0. The molecule has 0 aliphatic rings. The van der Waals surface area contributed by atoms with Gasteiger partial charge in [-0.25, -0.2) is 4.79 Å². The Labute approximate surface area is 120 Å². The van der Waals surface area contributed by atoms with Crippen molar-refractivity contribution in [3.05, 3.63) is 27.7 Å². The number of carboxylic acids is 1. The summed E-state index contributed by atoms with van der Waals surface area (Å²) in [5.41, 5.74) is -1.14. The van der Waals surface area contributed by atoms with Crippen molar-refractivity contribution in [2.45, 2.75) is 26.4 Å². The second-order valence-corrected chi connectivity index (χ2v) is 5.57. The topological polar surface area (TPSA) is 78.5 Å². The van der Waals surface area contributed by atoms with Crippen LogP contribution in [0.4, 0.5) is 10.5 Å². The molecule has 1 aromatic rings. The van der Waals surface area contributed by atoms with E-state index < -0.39 is 17.7 Å². The van der Waals surface area contributed by atoms with Crippen LogP contribution in [0, 0.1) is 0 Å². The molecule has 19 heavy (non-hydrogen) atoms. The van der Waals surface area contributed by atoms with Gasteiger partial charge in [0.1, 0.15) is 5.60 Å². The van der Waals surface area contributed by atoms with Crippen molar-refractivity contribution < 1.29 is 19.4 Å². The highest BCUT2D eigenvalue weighted by Crippen LogP contribution is 2.30. The zero-order valence-corrected chi connectivity index (χ0v) is 12.1. The van der Waals surface area contributed by atoms with E-state index in [0.29, 0.717) is 0 Å². The van der Waals surface area contributed by atoms with Gasteiger partial charge in [0.25, 0.3) is 0 Å². The van der Waals surface area contributed by atoms with Crippen LogP contribution >= 0.6 is 23.2 Å². The van der Waals surface area contributed by atoms with Gasteiger partial charge >= 0.3 is 6.09 Å². The second kappa shape index (κ2) is 5.67. The van der Waals surface area contributed by atoms with Crippen molar-refractivity contribution in [3.63, 3.8) is 0 Å². The third kappa shape index (κ3) is 4.61. The smallest absolute Gasteiger partial charge is 0.412 e. The number of carbonyl (C=O) groups excluding carboxylic acids is 2. The summed E-state index contributed by atoms with van der Waals surface area (Å²) >= 11 is 11.5. The molecular weight excluding hydrogens is 293 g/mol. The minimum absolute atomic E-state index is 0.0161. The number of hydrogen-bond donors (Lipinski definition) is 1. The lowest BCUT2D eigenvalue weighted by Gasteiger charge is -2.21. The van der Waals surface area contributed by atoms with E-state index in [0.717, 1.165) is 6.07 Å². The number of halogens is 2. The molecule has 0 atom stereocenters. The molecule has 0 aliphatic heterocycles. The SMILES string of the molecule is CC(C)(C)OC(=O)Nc1c(Cl)cc(Cl)cc1C(=O)[O-]. The molecule has 7 heteroatoms. The average Bonchev–Trinajstić information content (AvgIpc) is 2.18. The number of anilines is 1. The van der Waals surface area contributed by atoms with Gasteiger partial charge in [-0.15, -0.1) is 0 Å². The molecule has 1 aromatic carbocycles. The number of carboxylic acid groups (broad SMARTS) is 1. The number of nitrogens with one attached hydrogen (secondary N) is 1. The summed E-state index contributed by atoms with van der Waals surface area (Å²) in [4.78, 5) is 22.6. The number of carbonyl (C=O) groups is 2. The van der Waals surface area contributed by atoms with E-state index in [1.165, 1.54) is 6.07 Å². The van der Waals surface area contributed by atoms with Crippen molar-refractivity contribution in [1.82, 2.24) is 0 Å². The van der Waals surface area contributed by atoms with Crippen LogP contribution in [-0.2, 0) is 4.74 Å². The number of hydrogen-bond acceptors (Lipinski definition) is 4. The minimum Gasteiger partial charge on any atom is -0.545 e. The molecule has 5 nitrogen and oxygen atoms in total. The summed E-state index contributed by atoms with van der Waals surface area (Å²) in [6.45, 7) is 5.03. The Bertz CT molecular complexity index is 523. The molecule has 1 amide bonds. The number of aromatic carboxylic acids is 1. The number of rotatable bonds is 2. The van der Waals surface area contributed by atoms with Gasteiger partial charge in [0.15, 0.2) is 0 Å². The van der Waals surface area contributed by atoms with Crippen molar-refractivity contribution in [2.24, 2.45) is 0 Å². The summed E-state index contributed by atoms with van der Waals surface area (Å²) in [6, 6.07) is 2.44. The van der Waals surface area contributed by atoms with Gasteiger partial charge in [0, 0.05) is 10.6 Å². The number of amides is 1. The van der Waals surface area contributed by atoms with Gasteiger partial charge in [-0.1, -0.05) is 23.2 Å². The van der Waals surface area contributed by atoms with E-state index in [-0.39, 0.29) is 21.3 Å². The number of ether oxygens (including phenoxy) is 1. The Morgan fingerprint density at radius 2 is 1.84 bits per heavy atom. The molecule has 0 aliphatic carbocycles. The van der Waals surface area contributed by atoms with Crippen LogP contribution in [0.3, 0.4) is 0 Å². The molecule has 0 radical (unpaired) electrons. The highest BCUT2D eigenvalue weighted by atomic mass is 35.5. The van der Waals surface area contributed by atoms with E-state index in [1.807, 2.05) is 0 Å². The van der Waals surface area contributed by atoms with Crippen molar-refractivity contribution in [3.8, 4) is 0 Å². The van der Waals surface area contributed by atoms with Crippen LogP contribution in [0.1, 0.15) is 31.1 Å². The first-order valence-electron chi connectivity index (χ1n) is 5.30. The Morgan fingerprint density at radius 1 is 1.26 bits per heavy atom. The standard InChI is InChI=1S/C12H13Cl2NO4/c1-12(2,3)19-11(18)15-9-7(10(16)17)4-6(13)5-8(9)14/h4-5H,1-3H3,(H,15,18)(H,16,17)/p-1. The third-order valence-electron chi connectivity index (χ3n) is 1.90. The lowest BCUT2D eigenvalue weighted by atomic mass is 10.2. The Hall–Kier alpha value is -1.46. The highest BCUT2D eigenvalue weighted by Gasteiger charge is 2.19. The summed E-state index contributed by atoms with van der Waals surface area (Å²) in [5.74, 6) is -1.50. The fourth-order valence-corrected chi connectivity index (χ4v) is 1.81. The zero-order chi connectivity index (χ0) is 14.8. The largest absolute Gasteiger partial charge is 0.545 e. The van der Waals surface area contributed by atoms with Gasteiger partial charge in [-0.05, 0) is 32.9 Å². The first-order chi connectivity index (χ1) is 8.60. The molecule has 104 valence electrons. The van der Waals surface area contributed by atoms with E-state index in [4.69, 9.17) is 27.9 Å². The fourth-order valence-electron chi connectivity index (χ4n) is 1.27. The maximum atomic E-state index is 11.6. The first kappa shape index (κ1) is 15.6. The molecule has 1 rings (SSSR count). The molecule has 0 saturated carbocycles. The molecule has 0 heterocycles. The van der Waals surface area contributed by atoms with E-state index in [1.54, 1.807) is 20.8 Å². The van der Waals surface area contributed by atoms with E-state index in [9.17, 15) is 14.7 Å². The van der Waals surface area contributed by atoms with Crippen LogP contribution in [-0.4, -0.2) is 17.7 Å². The monoisotopic (exact) mass is 304 g/mol. The van der Waals surface area contributed by atoms with Gasteiger partial charge in [-0.2, -0.15) is 0 Å². The molecule has 0 bridgehead atoms. The Morgan fingerprint density at radius 3 is 2.32 bits per heavy atom. The van der Waals surface area contributed by atoms with Gasteiger partial charge in [0.2, 0.25) is 0 Å². The molecule has 0 unspecified atom stereocenters. The van der Waals surface area contributed by atoms with Crippen LogP contribution in [0.2, 0.25) is 10.0 Å². The van der Waals surface area contributed by atoms with Gasteiger partial charge < -0.3 is 14.6 Å². The minimum atomic E-state index is -1.50. The summed E-state index contributed by atoms with van der Waals surface area (Å²) in [6.07, 6.45) is -0.820. The molecular formula is C12H12Cl2NO4-. The lowest BCUT2D eigenvalue weighted by molar-refractivity contribution is -0.254. The third-order valence-corrected chi connectivity index (χ3v) is 2.42. The highest BCUT2D eigenvalue weighted by molar-refractivity contribution is 6.37. The van der Waals surface area contributed by atoms with Crippen LogP contribution in [0.15, 0.2) is 12.1 Å². The molecule has 0 fully saturated rings. The summed E-state index contributed by atoms with van der Waals surface area (Å²) < 4.78 is 5.01. The summed E-state index contributed by atoms with van der Waals surface area (Å²) in [5, 5.41) is 13.4. The molecule has 0 aromatic heterocycles. The summed E-state index contributed by atoms with van der Waals surface area (Å²) in [7, 11) is 0. The maximum absolute atomic E-state index is 11.6. The molecule has 0 spiro atoms. The van der Waals surface area contributed by atoms with Crippen molar-refractivity contribution in [1.29, 1.82) is 0 Å². The van der Waals surface area contributed by atoms with Crippen molar-refractivity contribution in [2.75, 3.05) is 5.32 Å². The lowest BCUT2D eigenvalue weighted by Crippen LogP contribution is -2.29. The van der Waals surface area contributed by atoms with Crippen LogP contribution in [0.25, 0.3) is 0 Å². The molecule has 1 N–H and O–H groups in total. The van der Waals surface area contributed by atoms with Gasteiger partial charge in [0.05, 0.1) is 16.7 Å².